The molecule has 19 heavy (non-hydrogen) atoms. The van der Waals surface area contributed by atoms with E-state index in [0.29, 0.717) is 5.92 Å². The molecule has 0 N–H and O–H groups in total. The van der Waals surface area contributed by atoms with Crippen LogP contribution in [0, 0.1) is 12.5 Å². The highest BCUT2D eigenvalue weighted by Crippen LogP contribution is 2.14. The van der Waals surface area contributed by atoms with Gasteiger partial charge in [0, 0.05) is 19.6 Å². The molecule has 2 aromatic rings. The Balaban J connectivity index is 2.03. The SMILES string of the molecule is CC(C)[CH]N(Cc1ccccc1)Cc1ccccc1. The second-order valence-electron chi connectivity index (χ2n) is 5.27. The van der Waals surface area contributed by atoms with Gasteiger partial charge in [0.15, 0.2) is 0 Å². The Morgan fingerprint density at radius 3 is 1.58 bits per heavy atom. The lowest BCUT2D eigenvalue weighted by atomic mass is 10.1. The highest BCUT2D eigenvalue weighted by molar-refractivity contribution is 5.17. The molecule has 0 unspecified atom stereocenters. The zero-order valence-corrected chi connectivity index (χ0v) is 11.8. The first-order valence-electron chi connectivity index (χ1n) is 6.91. The highest BCUT2D eigenvalue weighted by Gasteiger charge is 2.09. The molecular formula is C18H22N. The Hall–Kier alpha value is -1.60. The third kappa shape index (κ3) is 4.88. The number of benzene rings is 2. The average Bonchev–Trinajstić information content (AvgIpc) is 2.40. The molecule has 1 radical (unpaired) electrons. The van der Waals surface area contributed by atoms with E-state index in [1.54, 1.807) is 0 Å². The molecule has 99 valence electrons. The van der Waals surface area contributed by atoms with Crippen LogP contribution in [-0.4, -0.2) is 4.90 Å². The highest BCUT2D eigenvalue weighted by atomic mass is 15.1. The van der Waals surface area contributed by atoms with Crippen molar-refractivity contribution in [3.8, 4) is 0 Å². The zero-order valence-electron chi connectivity index (χ0n) is 11.8. The van der Waals surface area contributed by atoms with E-state index in [1.165, 1.54) is 11.1 Å². The van der Waals surface area contributed by atoms with Gasteiger partial charge in [0.1, 0.15) is 0 Å². The van der Waals surface area contributed by atoms with Crippen LogP contribution in [0.2, 0.25) is 0 Å². The fourth-order valence-electron chi connectivity index (χ4n) is 2.22. The molecule has 0 aromatic heterocycles. The van der Waals surface area contributed by atoms with Crippen LogP contribution in [0.4, 0.5) is 0 Å². The van der Waals surface area contributed by atoms with E-state index in [0.717, 1.165) is 13.1 Å². The second-order valence-corrected chi connectivity index (χ2v) is 5.27. The van der Waals surface area contributed by atoms with Crippen LogP contribution in [0.1, 0.15) is 25.0 Å². The van der Waals surface area contributed by atoms with Gasteiger partial charge < -0.3 is 0 Å². The van der Waals surface area contributed by atoms with E-state index in [2.05, 4.69) is 86.0 Å². The van der Waals surface area contributed by atoms with Crippen molar-refractivity contribution < 1.29 is 0 Å². The van der Waals surface area contributed by atoms with E-state index < -0.39 is 0 Å². The van der Waals surface area contributed by atoms with Gasteiger partial charge in [-0.2, -0.15) is 0 Å². The molecule has 0 saturated carbocycles. The summed E-state index contributed by atoms with van der Waals surface area (Å²) in [6.45, 7) is 8.70. The summed E-state index contributed by atoms with van der Waals surface area (Å²) < 4.78 is 0. The number of hydrogen-bond acceptors (Lipinski definition) is 1. The van der Waals surface area contributed by atoms with E-state index in [1.807, 2.05) is 0 Å². The van der Waals surface area contributed by atoms with Gasteiger partial charge in [0.25, 0.3) is 0 Å². The van der Waals surface area contributed by atoms with Gasteiger partial charge in [-0.1, -0.05) is 74.5 Å². The minimum atomic E-state index is 0.562. The summed E-state index contributed by atoms with van der Waals surface area (Å²) in [5.74, 6) is 0.562. The summed E-state index contributed by atoms with van der Waals surface area (Å²) in [5.41, 5.74) is 2.71. The molecule has 2 rings (SSSR count). The third-order valence-corrected chi connectivity index (χ3v) is 2.97. The lowest BCUT2D eigenvalue weighted by Gasteiger charge is -2.24. The summed E-state index contributed by atoms with van der Waals surface area (Å²) in [6.07, 6.45) is 0. The molecule has 0 atom stereocenters. The predicted molar refractivity (Wildman–Crippen MR) is 81.3 cm³/mol. The van der Waals surface area contributed by atoms with Crippen molar-refractivity contribution in [1.29, 1.82) is 0 Å². The Labute approximate surface area is 116 Å². The molecular weight excluding hydrogens is 230 g/mol. The second kappa shape index (κ2) is 7.10. The van der Waals surface area contributed by atoms with Gasteiger partial charge in [-0.3, -0.25) is 4.90 Å². The molecule has 1 heteroatoms. The molecule has 0 heterocycles. The molecule has 0 aliphatic carbocycles. The monoisotopic (exact) mass is 252 g/mol. The minimum Gasteiger partial charge on any atom is -0.290 e. The van der Waals surface area contributed by atoms with Crippen LogP contribution < -0.4 is 0 Å². The molecule has 2 aromatic carbocycles. The minimum absolute atomic E-state index is 0.562. The van der Waals surface area contributed by atoms with E-state index in [4.69, 9.17) is 0 Å². The van der Waals surface area contributed by atoms with Crippen LogP contribution >= 0.6 is 0 Å². The quantitative estimate of drug-likeness (QED) is 0.731. The van der Waals surface area contributed by atoms with Crippen molar-refractivity contribution in [2.24, 2.45) is 5.92 Å². The van der Waals surface area contributed by atoms with Gasteiger partial charge in [0.05, 0.1) is 0 Å². The first-order valence-corrected chi connectivity index (χ1v) is 6.91. The molecule has 0 saturated heterocycles. The maximum atomic E-state index is 2.40. The molecule has 1 nitrogen and oxygen atoms in total. The Bertz CT molecular complexity index is 420. The summed E-state index contributed by atoms with van der Waals surface area (Å²) >= 11 is 0. The average molecular weight is 252 g/mol. The standard InChI is InChI=1S/C18H22N/c1-16(2)13-19(14-17-9-5-3-6-10-17)15-18-11-7-4-8-12-18/h3-13,16H,14-15H2,1-2H3. The fourth-order valence-corrected chi connectivity index (χ4v) is 2.22. The fraction of sp³-hybridized carbons (Fsp3) is 0.278. The summed E-state index contributed by atoms with van der Waals surface area (Å²) in [5, 5.41) is 0. The number of rotatable bonds is 6. The Morgan fingerprint density at radius 2 is 1.21 bits per heavy atom. The summed E-state index contributed by atoms with van der Waals surface area (Å²) in [4.78, 5) is 2.40. The molecule has 0 spiro atoms. The maximum absolute atomic E-state index is 2.40. The summed E-state index contributed by atoms with van der Waals surface area (Å²) in [7, 11) is 0. The van der Waals surface area contributed by atoms with Gasteiger partial charge in [-0.05, 0) is 17.0 Å². The van der Waals surface area contributed by atoms with Crippen LogP contribution in [-0.2, 0) is 13.1 Å². The van der Waals surface area contributed by atoms with Gasteiger partial charge in [-0.25, -0.2) is 0 Å². The number of hydrogen-bond donors (Lipinski definition) is 0. The van der Waals surface area contributed by atoms with Crippen LogP contribution in [0.15, 0.2) is 60.7 Å². The van der Waals surface area contributed by atoms with Crippen LogP contribution in [0.25, 0.3) is 0 Å². The largest absolute Gasteiger partial charge is 0.290 e. The van der Waals surface area contributed by atoms with Crippen molar-refractivity contribution in [2.75, 3.05) is 0 Å². The van der Waals surface area contributed by atoms with Gasteiger partial charge in [0.2, 0.25) is 0 Å². The van der Waals surface area contributed by atoms with Crippen molar-refractivity contribution >= 4 is 0 Å². The third-order valence-electron chi connectivity index (χ3n) is 2.97. The zero-order chi connectivity index (χ0) is 13.5. The van der Waals surface area contributed by atoms with Crippen molar-refractivity contribution in [2.45, 2.75) is 26.9 Å². The maximum Gasteiger partial charge on any atom is 0.0284 e. The normalized spacial score (nSPS) is 11.2. The van der Waals surface area contributed by atoms with Crippen molar-refractivity contribution in [1.82, 2.24) is 4.90 Å². The predicted octanol–water partition coefficient (Wildman–Crippen LogP) is 4.51. The first-order chi connectivity index (χ1) is 9.24. The van der Waals surface area contributed by atoms with Crippen molar-refractivity contribution in [3.05, 3.63) is 78.3 Å². The number of nitrogens with zero attached hydrogens (tertiary/aromatic N) is 1. The molecule has 0 bridgehead atoms. The Kier molecular flexibility index (Phi) is 5.17. The molecule has 0 aliphatic heterocycles. The molecule has 0 aliphatic rings. The van der Waals surface area contributed by atoms with Crippen molar-refractivity contribution in [3.63, 3.8) is 0 Å². The van der Waals surface area contributed by atoms with Crippen LogP contribution in [0.5, 0.6) is 0 Å². The lowest BCUT2D eigenvalue weighted by molar-refractivity contribution is 0.287. The molecule has 0 fully saturated rings. The lowest BCUT2D eigenvalue weighted by Crippen LogP contribution is -2.22. The van der Waals surface area contributed by atoms with Gasteiger partial charge >= 0.3 is 0 Å². The first kappa shape index (κ1) is 13.8. The smallest absolute Gasteiger partial charge is 0.0284 e. The van der Waals surface area contributed by atoms with E-state index in [9.17, 15) is 0 Å². The van der Waals surface area contributed by atoms with E-state index in [-0.39, 0.29) is 0 Å². The Morgan fingerprint density at radius 1 is 0.789 bits per heavy atom. The summed E-state index contributed by atoms with van der Waals surface area (Å²) in [6, 6.07) is 21.3. The van der Waals surface area contributed by atoms with E-state index >= 15 is 0 Å². The molecule has 0 amide bonds. The topological polar surface area (TPSA) is 3.24 Å². The van der Waals surface area contributed by atoms with Crippen LogP contribution in [0.3, 0.4) is 0 Å². The van der Waals surface area contributed by atoms with Gasteiger partial charge in [-0.15, -0.1) is 0 Å².